The van der Waals surface area contributed by atoms with E-state index in [0.29, 0.717) is 23.5 Å². The summed E-state index contributed by atoms with van der Waals surface area (Å²) >= 11 is 0. The van der Waals surface area contributed by atoms with Crippen LogP contribution in [0.1, 0.15) is 0 Å². The first-order valence-electron chi connectivity index (χ1n) is 21.1. The Bertz CT molecular complexity index is 3890. The summed E-state index contributed by atoms with van der Waals surface area (Å²) in [5.41, 5.74) is 11.8. The Kier molecular flexibility index (Phi) is 7.77. The zero-order valence-electron chi connectivity index (χ0n) is 33.7. The SMILES string of the molecule is c1ccc(-c2cccc(-c3nc(-c4ccccc4)nc(-n4c5ccccc5c5ccc6c7ccccc7n(-c7ccc(-c8nc9ccccc9o8)c8ccccc78)c6c54)n3)c2)cc1. The predicted octanol–water partition coefficient (Wildman–Crippen LogP) is 14.0. The highest BCUT2D eigenvalue weighted by molar-refractivity contribution is 6.24. The second-order valence-electron chi connectivity index (χ2n) is 15.8. The molecule has 0 spiro atoms. The second-order valence-corrected chi connectivity index (χ2v) is 15.8. The summed E-state index contributed by atoms with van der Waals surface area (Å²) in [5, 5.41) is 6.61. The minimum absolute atomic E-state index is 0.538. The van der Waals surface area contributed by atoms with Crippen LogP contribution in [-0.4, -0.2) is 29.1 Å². The molecule has 0 saturated carbocycles. The maximum atomic E-state index is 6.36. The number of hydrogen-bond acceptors (Lipinski definition) is 5. The molecule has 0 aliphatic rings. The molecule has 13 aromatic rings. The summed E-state index contributed by atoms with van der Waals surface area (Å²) in [6.45, 7) is 0. The summed E-state index contributed by atoms with van der Waals surface area (Å²) in [7, 11) is 0. The van der Waals surface area contributed by atoms with Crippen molar-refractivity contribution in [3.63, 3.8) is 0 Å². The number of para-hydroxylation sites is 4. The summed E-state index contributed by atoms with van der Waals surface area (Å²) in [4.78, 5) is 20.8. The molecule has 0 aliphatic carbocycles. The molecular weight excluding hydrogens is 773 g/mol. The van der Waals surface area contributed by atoms with Gasteiger partial charge in [-0.1, -0.05) is 164 Å². The molecular formula is C56H34N6O. The van der Waals surface area contributed by atoms with Gasteiger partial charge >= 0.3 is 0 Å². The number of fused-ring (bicyclic) bond motifs is 9. The van der Waals surface area contributed by atoms with Crippen LogP contribution in [0.2, 0.25) is 0 Å². The predicted molar refractivity (Wildman–Crippen MR) is 255 cm³/mol. The van der Waals surface area contributed by atoms with Gasteiger partial charge in [0.25, 0.3) is 0 Å². The molecule has 0 amide bonds. The molecule has 294 valence electrons. The van der Waals surface area contributed by atoms with E-state index in [9.17, 15) is 0 Å². The van der Waals surface area contributed by atoms with Crippen LogP contribution in [0.15, 0.2) is 211 Å². The van der Waals surface area contributed by atoms with E-state index in [1.807, 2.05) is 48.5 Å². The smallest absolute Gasteiger partial charge is 0.238 e. The van der Waals surface area contributed by atoms with Crippen molar-refractivity contribution in [1.82, 2.24) is 29.1 Å². The Morgan fingerprint density at radius 2 is 0.905 bits per heavy atom. The van der Waals surface area contributed by atoms with Crippen molar-refractivity contribution >= 4 is 65.5 Å². The highest BCUT2D eigenvalue weighted by atomic mass is 16.3. The van der Waals surface area contributed by atoms with Gasteiger partial charge in [0.2, 0.25) is 11.8 Å². The van der Waals surface area contributed by atoms with Gasteiger partial charge in [-0.25, -0.2) is 9.97 Å². The minimum atomic E-state index is 0.538. The number of rotatable bonds is 6. The molecule has 0 N–H and O–H groups in total. The molecule has 7 heteroatoms. The van der Waals surface area contributed by atoms with E-state index in [-0.39, 0.29) is 0 Å². The molecule has 0 unspecified atom stereocenters. The maximum Gasteiger partial charge on any atom is 0.238 e. The first-order chi connectivity index (χ1) is 31.2. The Labute approximate surface area is 360 Å². The van der Waals surface area contributed by atoms with E-state index in [1.165, 1.54) is 0 Å². The first kappa shape index (κ1) is 35.1. The monoisotopic (exact) mass is 806 g/mol. The number of nitrogens with zero attached hydrogens (tertiary/aromatic N) is 6. The number of benzene rings is 9. The fraction of sp³-hybridized carbons (Fsp3) is 0. The van der Waals surface area contributed by atoms with Crippen molar-refractivity contribution in [3.8, 4) is 57.0 Å². The normalized spacial score (nSPS) is 11.8. The lowest BCUT2D eigenvalue weighted by Gasteiger charge is -2.15. The van der Waals surface area contributed by atoms with E-state index >= 15 is 0 Å². The van der Waals surface area contributed by atoms with Crippen LogP contribution in [0.3, 0.4) is 0 Å². The van der Waals surface area contributed by atoms with Gasteiger partial charge in [0.1, 0.15) is 5.52 Å². The Morgan fingerprint density at radius 1 is 0.349 bits per heavy atom. The van der Waals surface area contributed by atoms with Crippen LogP contribution >= 0.6 is 0 Å². The van der Waals surface area contributed by atoms with Crippen LogP contribution in [0.4, 0.5) is 0 Å². The fourth-order valence-electron chi connectivity index (χ4n) is 9.39. The van der Waals surface area contributed by atoms with Crippen LogP contribution in [0.5, 0.6) is 0 Å². The van der Waals surface area contributed by atoms with Crippen molar-refractivity contribution in [1.29, 1.82) is 0 Å². The van der Waals surface area contributed by atoms with Gasteiger partial charge in [-0.05, 0) is 59.0 Å². The zero-order chi connectivity index (χ0) is 41.4. The van der Waals surface area contributed by atoms with Gasteiger partial charge in [-0.3, -0.25) is 4.57 Å². The summed E-state index contributed by atoms with van der Waals surface area (Å²) in [6.07, 6.45) is 0. The molecule has 0 atom stereocenters. The standard InChI is InChI=1S/C56H34N6O/c1-3-16-35(17-4-1)37-20-15-21-38(34-37)54-58-53(36-18-5-2-6-19-36)59-56(60-54)62-48-28-13-10-25-42(48)44-31-30-43-41-24-9-12-27-47(41)61(51(43)52(44)62)49-33-32-45(39-22-7-8-23-40(39)49)55-57-46-26-11-14-29-50(46)63-55/h1-34H. The molecule has 0 fully saturated rings. The van der Waals surface area contributed by atoms with Gasteiger partial charge in [0.05, 0.1) is 27.8 Å². The number of hydrogen-bond donors (Lipinski definition) is 0. The average molecular weight is 807 g/mol. The van der Waals surface area contributed by atoms with Crippen molar-refractivity contribution < 1.29 is 4.42 Å². The first-order valence-corrected chi connectivity index (χ1v) is 21.1. The van der Waals surface area contributed by atoms with Crippen LogP contribution in [-0.2, 0) is 0 Å². The van der Waals surface area contributed by atoms with E-state index in [1.54, 1.807) is 0 Å². The lowest BCUT2D eigenvalue weighted by molar-refractivity contribution is 0.620. The summed E-state index contributed by atoms with van der Waals surface area (Å²) in [6, 6.07) is 71.6. The van der Waals surface area contributed by atoms with Gasteiger partial charge in [-0.15, -0.1) is 0 Å². The van der Waals surface area contributed by atoms with Crippen molar-refractivity contribution in [2.45, 2.75) is 0 Å². The highest BCUT2D eigenvalue weighted by Gasteiger charge is 2.25. The maximum absolute atomic E-state index is 6.36. The van der Waals surface area contributed by atoms with E-state index < -0.39 is 0 Å². The van der Waals surface area contributed by atoms with Gasteiger partial charge in [0.15, 0.2) is 17.2 Å². The third-order valence-corrected chi connectivity index (χ3v) is 12.2. The van der Waals surface area contributed by atoms with E-state index in [4.69, 9.17) is 24.4 Å². The molecule has 0 radical (unpaired) electrons. The summed E-state index contributed by atoms with van der Waals surface area (Å²) in [5.74, 6) is 2.32. The Morgan fingerprint density at radius 3 is 1.63 bits per heavy atom. The van der Waals surface area contributed by atoms with Crippen molar-refractivity contribution in [2.75, 3.05) is 0 Å². The Hall–Kier alpha value is -8.68. The largest absolute Gasteiger partial charge is 0.436 e. The van der Waals surface area contributed by atoms with Crippen molar-refractivity contribution in [2.24, 2.45) is 0 Å². The lowest BCUT2D eigenvalue weighted by Crippen LogP contribution is -2.07. The zero-order valence-corrected chi connectivity index (χ0v) is 33.7. The van der Waals surface area contributed by atoms with Gasteiger partial charge in [-0.2, -0.15) is 9.97 Å². The number of oxazole rings is 1. The average Bonchev–Trinajstić information content (AvgIpc) is 4.05. The molecule has 0 saturated heterocycles. The molecule has 4 aromatic heterocycles. The van der Waals surface area contributed by atoms with Crippen LogP contribution in [0.25, 0.3) is 122 Å². The Balaban J connectivity index is 1.13. The van der Waals surface area contributed by atoms with Crippen LogP contribution in [0, 0.1) is 0 Å². The molecule has 63 heavy (non-hydrogen) atoms. The molecule has 9 aromatic carbocycles. The topological polar surface area (TPSA) is 74.6 Å². The third-order valence-electron chi connectivity index (χ3n) is 12.2. The molecule has 13 rings (SSSR count). The minimum Gasteiger partial charge on any atom is -0.436 e. The second kappa shape index (κ2) is 13.9. The summed E-state index contributed by atoms with van der Waals surface area (Å²) < 4.78 is 11.0. The third kappa shape index (κ3) is 5.53. The van der Waals surface area contributed by atoms with Crippen LogP contribution < -0.4 is 0 Å². The van der Waals surface area contributed by atoms with Crippen molar-refractivity contribution in [3.05, 3.63) is 206 Å². The van der Waals surface area contributed by atoms with E-state index in [2.05, 4.69) is 167 Å². The van der Waals surface area contributed by atoms with Gasteiger partial charge in [0, 0.05) is 43.6 Å². The molecule has 0 bridgehead atoms. The fourth-order valence-corrected chi connectivity index (χ4v) is 9.39. The lowest BCUT2D eigenvalue weighted by atomic mass is 10.0. The molecule has 4 heterocycles. The highest BCUT2D eigenvalue weighted by Crippen LogP contribution is 2.44. The molecule has 7 nitrogen and oxygen atoms in total. The quantitative estimate of drug-likeness (QED) is 0.167. The molecule has 0 aliphatic heterocycles. The number of aromatic nitrogens is 6. The van der Waals surface area contributed by atoms with Gasteiger partial charge < -0.3 is 8.98 Å². The van der Waals surface area contributed by atoms with E-state index in [0.717, 1.165) is 99.0 Å².